The Kier molecular flexibility index (Phi) is 4.24. The normalized spacial score (nSPS) is 9.88. The van der Waals surface area contributed by atoms with Crippen molar-refractivity contribution in [2.24, 2.45) is 0 Å². The van der Waals surface area contributed by atoms with Crippen LogP contribution >= 0.6 is 11.6 Å². The fourth-order valence-corrected chi connectivity index (χ4v) is 1.38. The molecule has 0 saturated heterocycles. The minimum Gasteiger partial charge on any atom is -0.465 e. The van der Waals surface area contributed by atoms with Crippen LogP contribution in [-0.2, 0) is 4.74 Å². The predicted molar refractivity (Wildman–Crippen MR) is 54.1 cm³/mol. The molecule has 4 nitrogen and oxygen atoms in total. The number of nitrogens with zero attached hydrogens (tertiary/aromatic N) is 1. The maximum atomic E-state index is 12.2. The van der Waals surface area contributed by atoms with Crippen LogP contribution in [0.1, 0.15) is 15.9 Å². The number of esters is 1. The largest absolute Gasteiger partial charge is 0.465 e. The average molecular weight is 262 g/mol. The molecule has 0 fully saturated rings. The first kappa shape index (κ1) is 13.2. The van der Waals surface area contributed by atoms with Crippen LogP contribution in [0.15, 0.2) is 12.1 Å². The smallest absolute Gasteiger partial charge is 0.387 e. The quantitative estimate of drug-likeness (QED) is 0.785. The van der Waals surface area contributed by atoms with Crippen molar-refractivity contribution in [2.75, 3.05) is 7.11 Å². The molecule has 0 saturated carbocycles. The second-order valence-electron chi connectivity index (χ2n) is 2.78. The molecule has 7 heteroatoms. The molecule has 90 valence electrons. The third-order valence-corrected chi connectivity index (χ3v) is 2.14. The summed E-state index contributed by atoms with van der Waals surface area (Å²) in [5.41, 5.74) is -0.622. The van der Waals surface area contributed by atoms with Crippen LogP contribution in [0.25, 0.3) is 0 Å². The Balaban J connectivity index is 3.43. The Labute approximate surface area is 100 Å². The van der Waals surface area contributed by atoms with Crippen LogP contribution in [-0.4, -0.2) is 19.7 Å². The molecule has 0 N–H and O–H groups in total. The molecule has 0 aliphatic heterocycles. The predicted octanol–water partition coefficient (Wildman–Crippen LogP) is 2.60. The Morgan fingerprint density at radius 1 is 1.53 bits per heavy atom. The number of carbonyl (C=O) groups is 1. The fraction of sp³-hybridized carbons (Fsp3) is 0.200. The molecule has 0 spiro atoms. The highest BCUT2D eigenvalue weighted by Gasteiger charge is 2.23. The van der Waals surface area contributed by atoms with Crippen LogP contribution in [0.3, 0.4) is 0 Å². The lowest BCUT2D eigenvalue weighted by molar-refractivity contribution is -0.0505. The number of ether oxygens (including phenoxy) is 2. The number of carbonyl (C=O) groups excluding carboxylic acids is 1. The third kappa shape index (κ3) is 2.82. The number of benzene rings is 1. The van der Waals surface area contributed by atoms with E-state index in [1.165, 1.54) is 12.1 Å². The molecule has 0 bridgehead atoms. The Morgan fingerprint density at radius 2 is 2.18 bits per heavy atom. The van der Waals surface area contributed by atoms with Crippen molar-refractivity contribution < 1.29 is 23.0 Å². The zero-order chi connectivity index (χ0) is 13.0. The van der Waals surface area contributed by atoms with Crippen LogP contribution < -0.4 is 4.74 Å². The number of methoxy groups -OCH3 is 1. The number of hydrogen-bond donors (Lipinski definition) is 0. The van der Waals surface area contributed by atoms with Gasteiger partial charge in [0, 0.05) is 0 Å². The summed E-state index contributed by atoms with van der Waals surface area (Å²) in [7, 11) is 1.06. The summed E-state index contributed by atoms with van der Waals surface area (Å²) in [6, 6.07) is 4.02. The second kappa shape index (κ2) is 5.46. The van der Waals surface area contributed by atoms with E-state index in [2.05, 4.69) is 9.47 Å². The van der Waals surface area contributed by atoms with E-state index >= 15 is 0 Å². The molecule has 0 radical (unpaired) electrons. The zero-order valence-corrected chi connectivity index (χ0v) is 9.29. The van der Waals surface area contributed by atoms with E-state index in [1.54, 1.807) is 6.07 Å². The minimum atomic E-state index is -3.18. The van der Waals surface area contributed by atoms with Crippen molar-refractivity contribution >= 4 is 17.6 Å². The van der Waals surface area contributed by atoms with E-state index in [9.17, 15) is 13.6 Å². The van der Waals surface area contributed by atoms with E-state index in [1.807, 2.05) is 0 Å². The van der Waals surface area contributed by atoms with E-state index in [4.69, 9.17) is 16.9 Å². The summed E-state index contributed by atoms with van der Waals surface area (Å²) >= 11 is 5.68. The Bertz CT molecular complexity index is 485. The lowest BCUT2D eigenvalue weighted by Gasteiger charge is -2.11. The summed E-state index contributed by atoms with van der Waals surface area (Å²) < 4.78 is 32.9. The lowest BCUT2D eigenvalue weighted by Crippen LogP contribution is -2.11. The van der Waals surface area contributed by atoms with Crippen LogP contribution in [0, 0.1) is 11.3 Å². The van der Waals surface area contributed by atoms with Gasteiger partial charge < -0.3 is 9.47 Å². The monoisotopic (exact) mass is 261 g/mol. The van der Waals surface area contributed by atoms with Crippen molar-refractivity contribution in [2.45, 2.75) is 6.61 Å². The number of rotatable bonds is 3. The maximum absolute atomic E-state index is 12.2. The van der Waals surface area contributed by atoms with Crippen molar-refractivity contribution in [1.29, 1.82) is 5.26 Å². The number of halogens is 3. The van der Waals surface area contributed by atoms with Gasteiger partial charge in [-0.25, -0.2) is 4.79 Å². The minimum absolute atomic E-state index is 0.133. The van der Waals surface area contributed by atoms with E-state index in [0.717, 1.165) is 7.11 Å². The van der Waals surface area contributed by atoms with Crippen LogP contribution in [0.4, 0.5) is 8.78 Å². The molecule has 1 aromatic carbocycles. The highest BCUT2D eigenvalue weighted by Crippen LogP contribution is 2.32. The Morgan fingerprint density at radius 3 is 2.65 bits per heavy atom. The molecule has 0 heterocycles. The summed E-state index contributed by atoms with van der Waals surface area (Å²) in [5.74, 6) is -1.54. The number of nitriles is 1. The first-order valence-electron chi connectivity index (χ1n) is 4.27. The average Bonchev–Trinajstić information content (AvgIpc) is 2.28. The van der Waals surface area contributed by atoms with Gasteiger partial charge in [0.2, 0.25) is 0 Å². The number of hydrogen-bond acceptors (Lipinski definition) is 4. The van der Waals surface area contributed by atoms with Gasteiger partial charge in [0.15, 0.2) is 5.75 Å². The van der Waals surface area contributed by atoms with E-state index < -0.39 is 23.9 Å². The molecule has 0 amide bonds. The van der Waals surface area contributed by atoms with Crippen LogP contribution in [0.2, 0.25) is 5.02 Å². The molecule has 0 unspecified atom stereocenters. The first-order chi connectivity index (χ1) is 8.01. The molecule has 0 aromatic heterocycles. The van der Waals surface area contributed by atoms with Gasteiger partial charge in [-0.15, -0.1) is 0 Å². The highest BCUT2D eigenvalue weighted by atomic mass is 35.5. The Hall–Kier alpha value is -1.87. The SMILES string of the molecule is COC(=O)c1c(Cl)ccc(C#N)c1OC(F)F. The molecule has 0 atom stereocenters. The molecular formula is C10H6ClF2NO3. The second-order valence-corrected chi connectivity index (χ2v) is 3.19. The maximum Gasteiger partial charge on any atom is 0.387 e. The molecule has 0 aliphatic rings. The standard InChI is InChI=1S/C10H6ClF2NO3/c1-16-9(15)7-6(11)3-2-5(4-14)8(7)17-10(12)13/h2-3,10H,1H3. The van der Waals surface area contributed by atoms with Gasteiger partial charge in [-0.1, -0.05) is 11.6 Å². The van der Waals surface area contributed by atoms with Gasteiger partial charge >= 0.3 is 12.6 Å². The summed E-state index contributed by atoms with van der Waals surface area (Å²) in [6.45, 7) is -3.18. The summed E-state index contributed by atoms with van der Waals surface area (Å²) in [5, 5.41) is 8.60. The highest BCUT2D eigenvalue weighted by molar-refractivity contribution is 6.34. The lowest BCUT2D eigenvalue weighted by atomic mass is 10.1. The third-order valence-electron chi connectivity index (χ3n) is 1.82. The van der Waals surface area contributed by atoms with Gasteiger partial charge in [-0.05, 0) is 12.1 Å². The van der Waals surface area contributed by atoms with E-state index in [-0.39, 0.29) is 10.6 Å². The zero-order valence-electron chi connectivity index (χ0n) is 8.54. The molecule has 1 aromatic rings. The van der Waals surface area contributed by atoms with Crippen molar-refractivity contribution in [3.63, 3.8) is 0 Å². The molecular weight excluding hydrogens is 256 g/mol. The van der Waals surface area contributed by atoms with E-state index in [0.29, 0.717) is 0 Å². The molecule has 1 rings (SSSR count). The molecule has 0 aliphatic carbocycles. The molecule has 17 heavy (non-hydrogen) atoms. The summed E-state index contributed by atoms with van der Waals surface area (Å²) in [6.07, 6.45) is 0. The van der Waals surface area contributed by atoms with Crippen molar-refractivity contribution in [1.82, 2.24) is 0 Å². The fourth-order valence-electron chi connectivity index (χ4n) is 1.15. The van der Waals surface area contributed by atoms with Gasteiger partial charge in [0.1, 0.15) is 11.6 Å². The topological polar surface area (TPSA) is 59.3 Å². The van der Waals surface area contributed by atoms with Crippen molar-refractivity contribution in [3.8, 4) is 11.8 Å². The first-order valence-corrected chi connectivity index (χ1v) is 4.64. The van der Waals surface area contributed by atoms with Gasteiger partial charge in [-0.2, -0.15) is 14.0 Å². The van der Waals surface area contributed by atoms with Gasteiger partial charge in [0.25, 0.3) is 0 Å². The van der Waals surface area contributed by atoms with Gasteiger partial charge in [0.05, 0.1) is 17.7 Å². The van der Waals surface area contributed by atoms with Crippen LogP contribution in [0.5, 0.6) is 5.75 Å². The van der Waals surface area contributed by atoms with Crippen molar-refractivity contribution in [3.05, 3.63) is 28.3 Å². The van der Waals surface area contributed by atoms with Gasteiger partial charge in [-0.3, -0.25) is 0 Å². The number of alkyl halides is 2. The summed E-state index contributed by atoms with van der Waals surface area (Å²) in [4.78, 5) is 11.4.